The van der Waals surface area contributed by atoms with Gasteiger partial charge in [-0.3, -0.25) is 4.79 Å². The van der Waals surface area contributed by atoms with Crippen LogP contribution < -0.4 is 10.1 Å². The molecule has 4 rings (SSSR count). The first kappa shape index (κ1) is 20.5. The molecule has 0 fully saturated rings. The lowest BCUT2D eigenvalue weighted by molar-refractivity contribution is -0.115. The summed E-state index contributed by atoms with van der Waals surface area (Å²) in [5.74, 6) is 1.76. The Hall–Kier alpha value is -3.72. The predicted molar refractivity (Wildman–Crippen MR) is 119 cm³/mol. The topological polar surface area (TPSA) is 106 Å². The largest absolute Gasteiger partial charge is 0.497 e. The molecule has 0 aliphatic carbocycles. The standard InChI is InChI=1S/C22H18BrN5O3/c1-30-17-8-2-14(3-9-17)13-24-22(29)19(21-25-27-28-26-21)12-18-10-11-20(31-18)15-4-6-16(23)7-5-15/h2-12H,13H2,1H3,(H,24,29)(H,25,26,27,28). The summed E-state index contributed by atoms with van der Waals surface area (Å²) in [6.07, 6.45) is 1.59. The number of H-pyrrole nitrogens is 1. The average molecular weight is 480 g/mol. The van der Waals surface area contributed by atoms with Crippen molar-refractivity contribution in [3.63, 3.8) is 0 Å². The van der Waals surface area contributed by atoms with E-state index in [1.165, 1.54) is 0 Å². The number of carbonyl (C=O) groups excluding carboxylic acids is 1. The highest BCUT2D eigenvalue weighted by atomic mass is 79.9. The zero-order valence-corrected chi connectivity index (χ0v) is 18.1. The fraction of sp³-hybridized carbons (Fsp3) is 0.0909. The van der Waals surface area contributed by atoms with Crippen LogP contribution in [0.4, 0.5) is 0 Å². The zero-order chi connectivity index (χ0) is 21.6. The lowest BCUT2D eigenvalue weighted by Crippen LogP contribution is -2.24. The van der Waals surface area contributed by atoms with Gasteiger partial charge >= 0.3 is 0 Å². The van der Waals surface area contributed by atoms with Crippen LogP contribution in [0.15, 0.2) is 69.6 Å². The van der Waals surface area contributed by atoms with Crippen molar-refractivity contribution in [3.05, 3.63) is 82.3 Å². The highest BCUT2D eigenvalue weighted by molar-refractivity contribution is 9.10. The van der Waals surface area contributed by atoms with Crippen molar-refractivity contribution in [2.24, 2.45) is 0 Å². The molecule has 0 saturated carbocycles. The maximum Gasteiger partial charge on any atom is 0.255 e. The molecule has 4 aromatic rings. The number of nitrogens with one attached hydrogen (secondary N) is 2. The molecule has 0 aliphatic heterocycles. The Morgan fingerprint density at radius 3 is 2.58 bits per heavy atom. The van der Waals surface area contributed by atoms with E-state index in [2.05, 4.69) is 41.9 Å². The number of tetrazole rings is 1. The summed E-state index contributed by atoms with van der Waals surface area (Å²) in [5.41, 5.74) is 2.09. The predicted octanol–water partition coefficient (Wildman–Crippen LogP) is 4.09. The van der Waals surface area contributed by atoms with Gasteiger partial charge < -0.3 is 14.5 Å². The number of ether oxygens (including phenoxy) is 1. The zero-order valence-electron chi connectivity index (χ0n) is 16.5. The number of furan rings is 1. The number of methoxy groups -OCH3 is 1. The summed E-state index contributed by atoms with van der Waals surface area (Å²) in [7, 11) is 1.61. The van der Waals surface area contributed by atoms with E-state index in [1.54, 1.807) is 19.3 Å². The van der Waals surface area contributed by atoms with Crippen molar-refractivity contribution < 1.29 is 13.9 Å². The smallest absolute Gasteiger partial charge is 0.255 e. The summed E-state index contributed by atoms with van der Waals surface area (Å²) in [6, 6.07) is 18.8. The number of halogens is 1. The van der Waals surface area contributed by atoms with E-state index in [-0.39, 0.29) is 17.3 Å². The van der Waals surface area contributed by atoms with Gasteiger partial charge in [-0.15, -0.1) is 10.2 Å². The van der Waals surface area contributed by atoms with Gasteiger partial charge in [-0.2, -0.15) is 5.21 Å². The van der Waals surface area contributed by atoms with Crippen molar-refractivity contribution in [2.75, 3.05) is 7.11 Å². The van der Waals surface area contributed by atoms with Crippen LogP contribution in [-0.4, -0.2) is 33.6 Å². The van der Waals surface area contributed by atoms with Crippen molar-refractivity contribution in [1.29, 1.82) is 0 Å². The second-order valence-electron chi connectivity index (χ2n) is 6.53. The molecule has 0 bridgehead atoms. The minimum Gasteiger partial charge on any atom is -0.497 e. The summed E-state index contributed by atoms with van der Waals surface area (Å²) >= 11 is 3.42. The molecule has 0 spiro atoms. The van der Waals surface area contributed by atoms with Gasteiger partial charge in [-0.1, -0.05) is 40.2 Å². The monoisotopic (exact) mass is 479 g/mol. The van der Waals surface area contributed by atoms with Gasteiger partial charge in [0.2, 0.25) is 5.82 Å². The van der Waals surface area contributed by atoms with E-state index in [4.69, 9.17) is 9.15 Å². The Labute approximate surface area is 186 Å². The Kier molecular flexibility index (Phi) is 6.23. The SMILES string of the molecule is COc1ccc(CNC(=O)C(=Cc2ccc(-c3ccc(Br)cc3)o2)c2nn[nH]n2)cc1. The van der Waals surface area contributed by atoms with Crippen LogP contribution in [-0.2, 0) is 11.3 Å². The van der Waals surface area contributed by atoms with Crippen LogP contribution in [0.2, 0.25) is 0 Å². The van der Waals surface area contributed by atoms with Gasteiger partial charge in [0, 0.05) is 16.6 Å². The summed E-state index contributed by atoms with van der Waals surface area (Å²) < 4.78 is 12.0. The van der Waals surface area contributed by atoms with E-state index in [1.807, 2.05) is 54.6 Å². The van der Waals surface area contributed by atoms with Crippen LogP contribution in [0.25, 0.3) is 23.0 Å². The first-order valence-corrected chi connectivity index (χ1v) is 10.1. The van der Waals surface area contributed by atoms with Gasteiger partial charge in [0.1, 0.15) is 17.3 Å². The van der Waals surface area contributed by atoms with Gasteiger partial charge in [0.15, 0.2) is 0 Å². The number of amides is 1. The highest BCUT2D eigenvalue weighted by Crippen LogP contribution is 2.26. The fourth-order valence-electron chi connectivity index (χ4n) is 2.87. The number of hydrogen-bond acceptors (Lipinski definition) is 6. The van der Waals surface area contributed by atoms with Crippen LogP contribution >= 0.6 is 15.9 Å². The molecule has 2 aromatic carbocycles. The molecule has 156 valence electrons. The van der Waals surface area contributed by atoms with Crippen LogP contribution in [0.1, 0.15) is 17.1 Å². The van der Waals surface area contributed by atoms with Crippen molar-refractivity contribution in [1.82, 2.24) is 25.9 Å². The summed E-state index contributed by atoms with van der Waals surface area (Å²) in [5, 5.41) is 16.7. The molecule has 0 atom stereocenters. The Morgan fingerprint density at radius 2 is 1.90 bits per heavy atom. The molecule has 2 N–H and O–H groups in total. The highest BCUT2D eigenvalue weighted by Gasteiger charge is 2.17. The lowest BCUT2D eigenvalue weighted by Gasteiger charge is -2.07. The number of nitrogens with zero attached hydrogens (tertiary/aromatic N) is 3. The number of hydrogen-bond donors (Lipinski definition) is 2. The number of carbonyl (C=O) groups is 1. The Balaban J connectivity index is 1.54. The lowest BCUT2D eigenvalue weighted by atomic mass is 10.1. The number of benzene rings is 2. The third-order valence-electron chi connectivity index (χ3n) is 4.49. The third kappa shape index (κ3) is 5.07. The summed E-state index contributed by atoms with van der Waals surface area (Å²) in [6.45, 7) is 0.334. The molecule has 0 aliphatic rings. The van der Waals surface area contributed by atoms with Crippen molar-refractivity contribution in [2.45, 2.75) is 6.54 Å². The Bertz CT molecular complexity index is 1180. The molecule has 0 unspecified atom stereocenters. The van der Waals surface area contributed by atoms with Crippen LogP contribution in [0, 0.1) is 0 Å². The van der Waals surface area contributed by atoms with Crippen molar-refractivity contribution in [3.8, 4) is 17.1 Å². The molecule has 31 heavy (non-hydrogen) atoms. The Morgan fingerprint density at radius 1 is 1.13 bits per heavy atom. The fourth-order valence-corrected chi connectivity index (χ4v) is 3.13. The quantitative estimate of drug-likeness (QED) is 0.386. The average Bonchev–Trinajstić information content (AvgIpc) is 3.49. The van der Waals surface area contributed by atoms with Gasteiger partial charge in [-0.25, -0.2) is 0 Å². The van der Waals surface area contributed by atoms with E-state index in [0.717, 1.165) is 21.3 Å². The summed E-state index contributed by atoms with van der Waals surface area (Å²) in [4.78, 5) is 12.9. The molecule has 2 aromatic heterocycles. The van der Waals surface area contributed by atoms with Gasteiger partial charge in [-0.05, 0) is 53.3 Å². The van der Waals surface area contributed by atoms with E-state index in [9.17, 15) is 4.79 Å². The maximum atomic E-state index is 12.9. The van der Waals surface area contributed by atoms with Crippen molar-refractivity contribution >= 4 is 33.5 Å². The third-order valence-corrected chi connectivity index (χ3v) is 5.01. The molecule has 8 nitrogen and oxygen atoms in total. The minimum absolute atomic E-state index is 0.175. The first-order valence-electron chi connectivity index (χ1n) is 9.35. The normalized spacial score (nSPS) is 11.4. The number of rotatable bonds is 7. The second kappa shape index (κ2) is 9.40. The number of aromatic amines is 1. The van der Waals surface area contributed by atoms with Crippen LogP contribution in [0.3, 0.4) is 0 Å². The first-order chi connectivity index (χ1) is 15.1. The molecule has 9 heteroatoms. The molecule has 0 radical (unpaired) electrons. The maximum absolute atomic E-state index is 12.9. The molecular formula is C22H18BrN5O3. The molecular weight excluding hydrogens is 462 g/mol. The molecule has 0 saturated heterocycles. The van der Waals surface area contributed by atoms with Crippen LogP contribution in [0.5, 0.6) is 5.75 Å². The molecule has 1 amide bonds. The number of aromatic nitrogens is 4. The van der Waals surface area contributed by atoms with Gasteiger partial charge in [0.05, 0.1) is 12.7 Å². The molecule has 2 heterocycles. The van der Waals surface area contributed by atoms with E-state index in [0.29, 0.717) is 18.1 Å². The van der Waals surface area contributed by atoms with Gasteiger partial charge in [0.25, 0.3) is 5.91 Å². The minimum atomic E-state index is -0.348. The van der Waals surface area contributed by atoms with E-state index < -0.39 is 0 Å². The second-order valence-corrected chi connectivity index (χ2v) is 7.45. The van der Waals surface area contributed by atoms with E-state index >= 15 is 0 Å².